The van der Waals surface area contributed by atoms with Crippen LogP contribution in [-0.2, 0) is 6.54 Å². The van der Waals surface area contributed by atoms with E-state index in [-0.39, 0.29) is 0 Å². The zero-order chi connectivity index (χ0) is 14.2. The van der Waals surface area contributed by atoms with Crippen molar-refractivity contribution in [3.63, 3.8) is 0 Å². The van der Waals surface area contributed by atoms with Crippen LogP contribution >= 0.6 is 0 Å². The first-order chi connectivity index (χ1) is 9.83. The molecule has 0 fully saturated rings. The third-order valence-electron chi connectivity index (χ3n) is 3.32. The Morgan fingerprint density at radius 2 is 1.80 bits per heavy atom. The third kappa shape index (κ3) is 3.97. The normalized spacial score (nSPS) is 11.8. The lowest BCUT2D eigenvalue weighted by Gasteiger charge is -2.18. The first-order valence-corrected chi connectivity index (χ1v) is 6.85. The molecule has 2 heteroatoms. The molecule has 0 aliphatic rings. The molecule has 0 aromatic heterocycles. The summed E-state index contributed by atoms with van der Waals surface area (Å²) in [6.45, 7) is 4.68. The van der Waals surface area contributed by atoms with Gasteiger partial charge in [0.15, 0.2) is 0 Å². The number of hydrogen-bond donors (Lipinski definition) is 1. The van der Waals surface area contributed by atoms with E-state index < -0.39 is 0 Å². The fraction of sp³-hybridized carbons (Fsp3) is 0.222. The minimum absolute atomic E-state index is 0.302. The lowest BCUT2D eigenvalue weighted by Crippen LogP contribution is -2.20. The van der Waals surface area contributed by atoms with Gasteiger partial charge in [-0.2, -0.15) is 0 Å². The number of rotatable bonds is 7. The highest BCUT2D eigenvalue weighted by Crippen LogP contribution is 2.18. The summed E-state index contributed by atoms with van der Waals surface area (Å²) >= 11 is 0. The summed E-state index contributed by atoms with van der Waals surface area (Å²) < 4.78 is 5.17. The van der Waals surface area contributed by atoms with E-state index in [1.807, 2.05) is 24.3 Å². The summed E-state index contributed by atoms with van der Waals surface area (Å²) in [5.41, 5.74) is 2.54. The molecule has 2 aromatic carbocycles. The molecule has 1 atom stereocenters. The Balaban J connectivity index is 1.99. The average Bonchev–Trinajstić information content (AvgIpc) is 2.53. The zero-order valence-corrected chi connectivity index (χ0v) is 11.9. The summed E-state index contributed by atoms with van der Waals surface area (Å²) in [6, 6.07) is 18.9. The van der Waals surface area contributed by atoms with E-state index in [9.17, 15) is 0 Å². The summed E-state index contributed by atoms with van der Waals surface area (Å²) in [5.74, 6) is 0.888. The van der Waals surface area contributed by atoms with E-state index in [0.717, 1.165) is 18.7 Å². The molecule has 2 rings (SSSR count). The van der Waals surface area contributed by atoms with Gasteiger partial charge in [-0.05, 0) is 29.7 Å². The lowest BCUT2D eigenvalue weighted by molar-refractivity contribution is 0.414. The summed E-state index contributed by atoms with van der Waals surface area (Å²) in [4.78, 5) is 0. The maximum Gasteiger partial charge on any atom is 0.118 e. The van der Waals surface area contributed by atoms with Gasteiger partial charge in [-0.25, -0.2) is 0 Å². The van der Waals surface area contributed by atoms with E-state index in [4.69, 9.17) is 4.74 Å². The molecule has 0 bridgehead atoms. The summed E-state index contributed by atoms with van der Waals surface area (Å²) in [7, 11) is 1.68. The third-order valence-corrected chi connectivity index (χ3v) is 3.32. The van der Waals surface area contributed by atoms with Gasteiger partial charge < -0.3 is 10.1 Å². The molecule has 1 N–H and O–H groups in total. The van der Waals surface area contributed by atoms with E-state index in [0.29, 0.717) is 6.04 Å². The Morgan fingerprint density at radius 3 is 2.40 bits per heavy atom. The van der Waals surface area contributed by atoms with Crippen LogP contribution in [0.25, 0.3) is 0 Å². The van der Waals surface area contributed by atoms with Crippen molar-refractivity contribution >= 4 is 0 Å². The van der Waals surface area contributed by atoms with Crippen molar-refractivity contribution in [2.24, 2.45) is 0 Å². The van der Waals surface area contributed by atoms with E-state index in [2.05, 4.69) is 48.3 Å². The quantitative estimate of drug-likeness (QED) is 0.762. The minimum Gasteiger partial charge on any atom is -0.497 e. The second-order valence-corrected chi connectivity index (χ2v) is 4.72. The highest BCUT2D eigenvalue weighted by Gasteiger charge is 2.08. The first-order valence-electron chi connectivity index (χ1n) is 6.85. The molecule has 0 amide bonds. The number of ether oxygens (including phenoxy) is 1. The predicted molar refractivity (Wildman–Crippen MR) is 83.8 cm³/mol. The van der Waals surface area contributed by atoms with Crippen LogP contribution in [0.4, 0.5) is 0 Å². The van der Waals surface area contributed by atoms with E-state index in [1.165, 1.54) is 11.1 Å². The zero-order valence-electron chi connectivity index (χ0n) is 11.9. The van der Waals surface area contributed by atoms with Gasteiger partial charge in [0.1, 0.15) is 5.75 Å². The van der Waals surface area contributed by atoms with Crippen molar-refractivity contribution in [3.8, 4) is 5.75 Å². The van der Waals surface area contributed by atoms with Crippen LogP contribution in [0.1, 0.15) is 23.6 Å². The van der Waals surface area contributed by atoms with Gasteiger partial charge in [-0.15, -0.1) is 6.58 Å². The van der Waals surface area contributed by atoms with Crippen molar-refractivity contribution in [2.75, 3.05) is 7.11 Å². The molecular formula is C18H21NO. The Kier molecular flexibility index (Phi) is 5.39. The Bertz CT molecular complexity index is 519. The fourth-order valence-corrected chi connectivity index (χ4v) is 2.17. The van der Waals surface area contributed by atoms with Gasteiger partial charge in [0.05, 0.1) is 7.11 Å². The standard InChI is InChI=1S/C18H21NO/c1-3-7-18(16-8-5-4-6-9-16)19-14-15-10-12-17(20-2)13-11-15/h3-6,8-13,18-19H,1,7,14H2,2H3/t18-/m1/s1. The summed E-state index contributed by atoms with van der Waals surface area (Å²) in [5, 5.41) is 3.58. The highest BCUT2D eigenvalue weighted by atomic mass is 16.5. The molecule has 0 unspecified atom stereocenters. The highest BCUT2D eigenvalue weighted by molar-refractivity contribution is 5.27. The molecule has 0 saturated heterocycles. The van der Waals surface area contributed by atoms with Crippen LogP contribution in [0.15, 0.2) is 67.3 Å². The second-order valence-electron chi connectivity index (χ2n) is 4.72. The molecule has 0 radical (unpaired) electrons. The number of hydrogen-bond acceptors (Lipinski definition) is 2. The number of benzene rings is 2. The van der Waals surface area contributed by atoms with Crippen molar-refractivity contribution < 1.29 is 4.74 Å². The average molecular weight is 267 g/mol. The molecule has 0 aliphatic heterocycles. The summed E-state index contributed by atoms with van der Waals surface area (Å²) in [6.07, 6.45) is 2.87. The van der Waals surface area contributed by atoms with Crippen molar-refractivity contribution in [1.82, 2.24) is 5.32 Å². The van der Waals surface area contributed by atoms with Gasteiger partial charge in [0, 0.05) is 12.6 Å². The van der Waals surface area contributed by atoms with E-state index in [1.54, 1.807) is 7.11 Å². The fourth-order valence-electron chi connectivity index (χ4n) is 2.17. The van der Waals surface area contributed by atoms with Gasteiger partial charge in [-0.1, -0.05) is 48.5 Å². The van der Waals surface area contributed by atoms with Crippen LogP contribution in [0, 0.1) is 0 Å². The van der Waals surface area contributed by atoms with Gasteiger partial charge in [-0.3, -0.25) is 0 Å². The molecule has 0 aliphatic carbocycles. The monoisotopic (exact) mass is 267 g/mol. The van der Waals surface area contributed by atoms with Crippen molar-refractivity contribution in [1.29, 1.82) is 0 Å². The molecular weight excluding hydrogens is 246 g/mol. The molecule has 20 heavy (non-hydrogen) atoms. The molecule has 0 spiro atoms. The lowest BCUT2D eigenvalue weighted by atomic mass is 10.0. The molecule has 104 valence electrons. The van der Waals surface area contributed by atoms with Gasteiger partial charge in [0.2, 0.25) is 0 Å². The van der Waals surface area contributed by atoms with Gasteiger partial charge >= 0.3 is 0 Å². The Morgan fingerprint density at radius 1 is 1.10 bits per heavy atom. The van der Waals surface area contributed by atoms with Crippen molar-refractivity contribution in [3.05, 3.63) is 78.4 Å². The van der Waals surface area contributed by atoms with Crippen LogP contribution in [-0.4, -0.2) is 7.11 Å². The van der Waals surface area contributed by atoms with E-state index >= 15 is 0 Å². The molecule has 0 saturated carbocycles. The molecule has 0 heterocycles. The van der Waals surface area contributed by atoms with Crippen LogP contribution < -0.4 is 10.1 Å². The molecule has 2 aromatic rings. The van der Waals surface area contributed by atoms with Crippen molar-refractivity contribution in [2.45, 2.75) is 19.0 Å². The topological polar surface area (TPSA) is 21.3 Å². The minimum atomic E-state index is 0.302. The van der Waals surface area contributed by atoms with Crippen LogP contribution in [0.3, 0.4) is 0 Å². The number of methoxy groups -OCH3 is 1. The first kappa shape index (κ1) is 14.4. The Hall–Kier alpha value is -2.06. The van der Waals surface area contributed by atoms with Gasteiger partial charge in [0.25, 0.3) is 0 Å². The predicted octanol–water partition coefficient (Wildman–Crippen LogP) is 4.10. The Labute approximate surface area is 121 Å². The second kappa shape index (κ2) is 7.51. The maximum absolute atomic E-state index is 5.17. The molecule has 2 nitrogen and oxygen atoms in total. The largest absolute Gasteiger partial charge is 0.497 e. The van der Waals surface area contributed by atoms with Crippen LogP contribution in [0.5, 0.6) is 5.75 Å². The van der Waals surface area contributed by atoms with Crippen LogP contribution in [0.2, 0.25) is 0 Å². The SMILES string of the molecule is C=CC[C@@H](NCc1ccc(OC)cc1)c1ccccc1. The smallest absolute Gasteiger partial charge is 0.118 e. The number of nitrogens with one attached hydrogen (secondary N) is 1. The maximum atomic E-state index is 5.17.